The number of rotatable bonds is 7. The molecule has 6 N–H and O–H groups in total. The van der Waals surface area contributed by atoms with E-state index in [2.05, 4.69) is 15.3 Å². The number of aliphatic hydroxyl groups excluding tert-OH is 4. The Morgan fingerprint density at radius 1 is 1.48 bits per heavy atom. The largest absolute Gasteiger partial charge is 0.478 e. The van der Waals surface area contributed by atoms with Gasteiger partial charge in [-0.15, -0.1) is 0 Å². The smallest absolute Gasteiger partial charge is 0.370 e. The van der Waals surface area contributed by atoms with Crippen LogP contribution in [0.3, 0.4) is 0 Å². The van der Waals surface area contributed by atoms with Crippen molar-refractivity contribution in [2.75, 3.05) is 13.2 Å². The van der Waals surface area contributed by atoms with E-state index >= 15 is 0 Å². The second kappa shape index (κ2) is 8.31. The van der Waals surface area contributed by atoms with Crippen LogP contribution in [0.1, 0.15) is 0 Å². The summed E-state index contributed by atoms with van der Waals surface area (Å²) in [5.41, 5.74) is 8.19. The minimum atomic E-state index is -1.79. The number of nitrogens with one attached hydrogen (secondary N) is 1. The van der Waals surface area contributed by atoms with Gasteiger partial charge in [-0.2, -0.15) is 0 Å². The second-order valence-corrected chi connectivity index (χ2v) is 4.63. The molecule has 12 nitrogen and oxygen atoms in total. The molecule has 0 bridgehead atoms. The van der Waals surface area contributed by atoms with Gasteiger partial charge in [0.05, 0.1) is 18.7 Å². The van der Waals surface area contributed by atoms with Crippen molar-refractivity contribution >= 4 is 11.9 Å². The first kappa shape index (κ1) is 18.7. The summed E-state index contributed by atoms with van der Waals surface area (Å²) >= 11 is 0. The van der Waals surface area contributed by atoms with Crippen LogP contribution in [0.4, 0.5) is 0 Å². The lowest BCUT2D eigenvalue weighted by Gasteiger charge is -2.38. The molecule has 0 radical (unpaired) electrons. The number of carbonyl (C=O) groups excluding carboxylic acids is 1. The van der Waals surface area contributed by atoms with Crippen LogP contribution in [-0.4, -0.2) is 81.0 Å². The number of azide groups is 1. The van der Waals surface area contributed by atoms with Crippen LogP contribution in [0.2, 0.25) is 0 Å². The fraction of sp³-hybridized carbons (Fsp3) is 0.636. The Morgan fingerprint density at radius 2 is 2.13 bits per heavy atom. The lowest BCUT2D eigenvalue weighted by atomic mass is 9.93. The van der Waals surface area contributed by atoms with E-state index in [1.807, 2.05) is 0 Å². The molecule has 0 aromatic rings. The number of hydrogen-bond donors (Lipinski definition) is 6. The van der Waals surface area contributed by atoms with E-state index in [0.29, 0.717) is 0 Å². The summed E-state index contributed by atoms with van der Waals surface area (Å²) < 4.78 is 5.00. The third kappa shape index (κ3) is 4.81. The predicted molar refractivity (Wildman–Crippen MR) is 71.6 cm³/mol. The Hall–Kier alpha value is -2.37. The highest BCUT2D eigenvalue weighted by molar-refractivity contribution is 5.84. The highest BCUT2D eigenvalue weighted by atomic mass is 16.5. The number of amides is 1. The molecule has 1 aliphatic rings. The fourth-order valence-electron chi connectivity index (χ4n) is 1.96. The topological polar surface area (TPSA) is 205 Å². The highest BCUT2D eigenvalue weighted by Crippen LogP contribution is 2.23. The summed E-state index contributed by atoms with van der Waals surface area (Å²) in [7, 11) is 0. The van der Waals surface area contributed by atoms with Crippen LogP contribution < -0.4 is 5.32 Å². The van der Waals surface area contributed by atoms with Gasteiger partial charge < -0.3 is 35.6 Å². The van der Waals surface area contributed by atoms with Crippen molar-refractivity contribution in [2.24, 2.45) is 5.11 Å². The molecule has 0 saturated heterocycles. The molecule has 5 atom stereocenters. The van der Waals surface area contributed by atoms with Gasteiger partial charge in [0.1, 0.15) is 18.8 Å². The van der Waals surface area contributed by atoms with Gasteiger partial charge in [0.15, 0.2) is 6.10 Å². The van der Waals surface area contributed by atoms with Crippen LogP contribution in [0, 0.1) is 0 Å². The minimum absolute atomic E-state index is 0.541. The van der Waals surface area contributed by atoms with Crippen molar-refractivity contribution in [1.82, 2.24) is 5.32 Å². The number of carbonyl (C=O) groups is 2. The summed E-state index contributed by atoms with van der Waals surface area (Å²) in [5, 5.41) is 52.5. The first-order valence-electron chi connectivity index (χ1n) is 6.38. The first-order valence-corrected chi connectivity index (χ1v) is 6.38. The molecule has 0 aliphatic carbocycles. The molecule has 0 spiro atoms. The van der Waals surface area contributed by atoms with Crippen molar-refractivity contribution in [2.45, 2.75) is 30.5 Å². The van der Waals surface area contributed by atoms with Crippen LogP contribution in [-0.2, 0) is 14.3 Å². The van der Waals surface area contributed by atoms with Crippen LogP contribution >= 0.6 is 0 Å². The highest BCUT2D eigenvalue weighted by Gasteiger charge is 2.43. The number of nitrogens with zero attached hydrogens (tertiary/aromatic N) is 3. The van der Waals surface area contributed by atoms with E-state index in [1.165, 1.54) is 0 Å². The zero-order chi connectivity index (χ0) is 17.6. The zero-order valence-corrected chi connectivity index (χ0v) is 11.7. The monoisotopic (exact) mass is 332 g/mol. The Kier molecular flexibility index (Phi) is 6.75. The SMILES string of the molecule is [N-]=[N+]=NC[C@@H](O)[C@H](O)[C@@H]1OC(C(=O)O)=C[C@H](O)[C@H]1NC(=O)CO. The molecule has 12 heteroatoms. The Labute approximate surface area is 129 Å². The molecular weight excluding hydrogens is 316 g/mol. The Balaban J connectivity index is 3.04. The van der Waals surface area contributed by atoms with Gasteiger partial charge >= 0.3 is 5.97 Å². The summed E-state index contributed by atoms with van der Waals surface area (Å²) in [4.78, 5) is 24.6. The fourth-order valence-corrected chi connectivity index (χ4v) is 1.96. The third-order valence-electron chi connectivity index (χ3n) is 3.05. The van der Waals surface area contributed by atoms with Gasteiger partial charge in [-0.3, -0.25) is 4.79 Å². The van der Waals surface area contributed by atoms with Crippen molar-refractivity contribution in [3.63, 3.8) is 0 Å². The maximum absolute atomic E-state index is 11.3. The average Bonchev–Trinajstić information content (AvgIpc) is 2.52. The summed E-state index contributed by atoms with van der Waals surface area (Å²) in [6, 6.07) is -1.34. The first-order chi connectivity index (χ1) is 10.8. The third-order valence-corrected chi connectivity index (χ3v) is 3.05. The Bertz CT molecular complexity index is 532. The molecule has 1 rings (SSSR count). The second-order valence-electron chi connectivity index (χ2n) is 4.63. The summed E-state index contributed by atoms with van der Waals surface area (Å²) in [5.74, 6) is -3.13. The maximum atomic E-state index is 11.3. The number of hydrogen-bond acceptors (Lipinski definition) is 8. The molecule has 1 amide bonds. The molecular formula is C11H16N4O8. The number of carboxylic acid groups (broad SMARTS) is 1. The summed E-state index contributed by atoms with van der Waals surface area (Å²) in [6.45, 7) is -1.46. The lowest BCUT2D eigenvalue weighted by Crippen LogP contribution is -2.60. The van der Waals surface area contributed by atoms with E-state index < -0.39 is 61.2 Å². The van der Waals surface area contributed by atoms with Crippen molar-refractivity contribution in [3.8, 4) is 0 Å². The Morgan fingerprint density at radius 3 is 2.65 bits per heavy atom. The number of aliphatic hydroxyl groups is 4. The summed E-state index contributed by atoms with van der Waals surface area (Å²) in [6.07, 6.45) is -5.74. The van der Waals surface area contributed by atoms with Gasteiger partial charge in [-0.1, -0.05) is 5.11 Å². The van der Waals surface area contributed by atoms with Crippen molar-refractivity contribution in [3.05, 3.63) is 22.3 Å². The van der Waals surface area contributed by atoms with E-state index in [9.17, 15) is 24.9 Å². The number of aliphatic carboxylic acids is 1. The van der Waals surface area contributed by atoms with Gasteiger partial charge in [-0.25, -0.2) is 4.79 Å². The quantitative estimate of drug-likeness (QED) is 0.163. The standard InChI is InChI=1S/C11H16N4O8/c12-15-13-2-5(18)9(20)10-8(14-7(19)3-16)4(17)1-6(23-10)11(21)22/h1,4-5,8-10,16-18,20H,2-3H2,(H,14,19)(H,21,22)/t4-,5+,8+,9-,10+/m0/s1. The normalized spacial score (nSPS) is 26.1. The molecule has 128 valence electrons. The maximum Gasteiger partial charge on any atom is 0.370 e. The molecule has 0 aromatic heterocycles. The molecule has 23 heavy (non-hydrogen) atoms. The van der Waals surface area contributed by atoms with Crippen LogP contribution in [0.5, 0.6) is 0 Å². The van der Waals surface area contributed by atoms with Crippen LogP contribution in [0.15, 0.2) is 16.9 Å². The zero-order valence-electron chi connectivity index (χ0n) is 11.7. The minimum Gasteiger partial charge on any atom is -0.478 e. The van der Waals surface area contributed by atoms with Crippen molar-refractivity contribution in [1.29, 1.82) is 0 Å². The molecule has 0 fully saturated rings. The molecule has 1 aliphatic heterocycles. The molecule has 0 saturated carbocycles. The van der Waals surface area contributed by atoms with Gasteiger partial charge in [0.25, 0.3) is 0 Å². The van der Waals surface area contributed by atoms with Gasteiger partial charge in [0.2, 0.25) is 11.7 Å². The van der Waals surface area contributed by atoms with Gasteiger partial charge in [-0.05, 0) is 11.6 Å². The van der Waals surface area contributed by atoms with Gasteiger partial charge in [0, 0.05) is 4.91 Å². The lowest BCUT2D eigenvalue weighted by molar-refractivity contribution is -0.148. The van der Waals surface area contributed by atoms with E-state index in [1.54, 1.807) is 0 Å². The van der Waals surface area contributed by atoms with E-state index in [4.69, 9.17) is 20.5 Å². The van der Waals surface area contributed by atoms with E-state index in [0.717, 1.165) is 6.08 Å². The predicted octanol–water partition coefficient (Wildman–Crippen LogP) is -2.78. The number of carboxylic acids is 1. The molecule has 0 aromatic carbocycles. The van der Waals surface area contributed by atoms with Crippen LogP contribution in [0.25, 0.3) is 10.4 Å². The molecule has 1 heterocycles. The molecule has 0 unspecified atom stereocenters. The van der Waals surface area contributed by atoms with Crippen molar-refractivity contribution < 1.29 is 39.9 Å². The average molecular weight is 332 g/mol. The number of ether oxygens (including phenoxy) is 1. The van der Waals surface area contributed by atoms with E-state index in [-0.39, 0.29) is 0 Å².